The highest BCUT2D eigenvalue weighted by atomic mass is 32.1. The molecule has 1 heterocycles. The average Bonchev–Trinajstić information content (AvgIpc) is 2.88. The summed E-state index contributed by atoms with van der Waals surface area (Å²) in [4.78, 5) is 16.8. The molecule has 1 fully saturated rings. The predicted octanol–water partition coefficient (Wildman–Crippen LogP) is 2.84. The molecule has 1 aromatic rings. The Labute approximate surface area is 105 Å². The van der Waals surface area contributed by atoms with E-state index < -0.39 is 0 Å². The Morgan fingerprint density at radius 1 is 1.59 bits per heavy atom. The monoisotopic (exact) mass is 254 g/mol. The predicted molar refractivity (Wildman–Crippen MR) is 68.6 cm³/mol. The van der Waals surface area contributed by atoms with E-state index in [4.69, 9.17) is 4.74 Å². The molecule has 0 atom stereocenters. The second kappa shape index (κ2) is 4.64. The highest BCUT2D eigenvalue weighted by molar-refractivity contribution is 7.15. The summed E-state index contributed by atoms with van der Waals surface area (Å²) in [7, 11) is 0. The zero-order chi connectivity index (χ0) is 12.5. The van der Waals surface area contributed by atoms with Gasteiger partial charge < -0.3 is 10.1 Å². The molecule has 0 spiro atoms. The minimum Gasteiger partial charge on any atom is -0.461 e. The van der Waals surface area contributed by atoms with E-state index in [-0.39, 0.29) is 5.97 Å². The highest BCUT2D eigenvalue weighted by Crippen LogP contribution is 2.44. The van der Waals surface area contributed by atoms with Crippen molar-refractivity contribution in [3.8, 4) is 0 Å². The molecule has 94 valence electrons. The maximum absolute atomic E-state index is 11.6. The summed E-state index contributed by atoms with van der Waals surface area (Å²) in [6.07, 6.45) is 2.55. The fraction of sp³-hybridized carbons (Fsp3) is 0.667. The maximum atomic E-state index is 11.6. The lowest BCUT2D eigenvalue weighted by atomic mass is 10.1. The molecule has 2 rings (SSSR count). The summed E-state index contributed by atoms with van der Waals surface area (Å²) in [5.41, 5.74) is 0.879. The topological polar surface area (TPSA) is 51.2 Å². The van der Waals surface area contributed by atoms with Crippen LogP contribution in [0.2, 0.25) is 0 Å². The number of nitrogens with one attached hydrogen (secondary N) is 1. The fourth-order valence-electron chi connectivity index (χ4n) is 1.54. The van der Waals surface area contributed by atoms with Gasteiger partial charge in [0.25, 0.3) is 0 Å². The molecule has 0 aromatic carbocycles. The van der Waals surface area contributed by atoms with E-state index in [1.807, 2.05) is 6.92 Å². The highest BCUT2D eigenvalue weighted by Gasteiger charge is 2.37. The maximum Gasteiger partial charge on any atom is 0.358 e. The summed E-state index contributed by atoms with van der Waals surface area (Å²) < 4.78 is 4.96. The number of rotatable bonds is 5. The van der Waals surface area contributed by atoms with Crippen LogP contribution in [0, 0.1) is 12.3 Å². The SMILES string of the molecule is CCOC(=O)c1nc(NCC2(C)CC2)sc1C. The van der Waals surface area contributed by atoms with Crippen molar-refractivity contribution in [2.75, 3.05) is 18.5 Å². The van der Waals surface area contributed by atoms with Gasteiger partial charge in [0.1, 0.15) is 0 Å². The molecule has 0 radical (unpaired) electrons. The van der Waals surface area contributed by atoms with Crippen LogP contribution in [0.3, 0.4) is 0 Å². The number of esters is 1. The van der Waals surface area contributed by atoms with Crippen molar-refractivity contribution in [3.63, 3.8) is 0 Å². The smallest absolute Gasteiger partial charge is 0.358 e. The third kappa shape index (κ3) is 2.97. The first-order valence-electron chi connectivity index (χ1n) is 5.92. The number of nitrogens with zero attached hydrogens (tertiary/aromatic N) is 1. The summed E-state index contributed by atoms with van der Waals surface area (Å²) in [6.45, 7) is 7.27. The molecule has 1 aliphatic rings. The normalized spacial score (nSPS) is 16.6. The van der Waals surface area contributed by atoms with Crippen molar-refractivity contribution >= 4 is 22.4 Å². The van der Waals surface area contributed by atoms with Crippen molar-refractivity contribution in [2.24, 2.45) is 5.41 Å². The minimum absolute atomic E-state index is 0.327. The van der Waals surface area contributed by atoms with Crippen LogP contribution in [0.5, 0.6) is 0 Å². The third-order valence-electron chi connectivity index (χ3n) is 3.04. The van der Waals surface area contributed by atoms with Gasteiger partial charge in [0, 0.05) is 11.4 Å². The molecule has 17 heavy (non-hydrogen) atoms. The Kier molecular flexibility index (Phi) is 3.38. The molecular formula is C12H18N2O2S. The largest absolute Gasteiger partial charge is 0.461 e. The van der Waals surface area contributed by atoms with Crippen molar-refractivity contribution in [3.05, 3.63) is 10.6 Å². The van der Waals surface area contributed by atoms with Gasteiger partial charge in [0.15, 0.2) is 10.8 Å². The van der Waals surface area contributed by atoms with Gasteiger partial charge in [-0.05, 0) is 32.1 Å². The van der Waals surface area contributed by atoms with Gasteiger partial charge in [-0.15, -0.1) is 11.3 Å². The van der Waals surface area contributed by atoms with Crippen LogP contribution < -0.4 is 5.32 Å². The van der Waals surface area contributed by atoms with E-state index in [1.165, 1.54) is 24.2 Å². The number of thiazole rings is 1. The molecule has 0 bridgehead atoms. The zero-order valence-corrected chi connectivity index (χ0v) is 11.3. The number of hydrogen-bond acceptors (Lipinski definition) is 5. The quantitative estimate of drug-likeness (QED) is 0.821. The Hall–Kier alpha value is -1.10. The third-order valence-corrected chi connectivity index (χ3v) is 3.96. The van der Waals surface area contributed by atoms with E-state index in [0.717, 1.165) is 16.6 Å². The molecule has 1 aliphatic carbocycles. The first-order chi connectivity index (χ1) is 8.04. The second-order valence-corrected chi connectivity index (χ2v) is 6.01. The Morgan fingerprint density at radius 3 is 2.88 bits per heavy atom. The zero-order valence-electron chi connectivity index (χ0n) is 10.5. The van der Waals surface area contributed by atoms with E-state index >= 15 is 0 Å². The molecule has 1 saturated carbocycles. The van der Waals surface area contributed by atoms with Gasteiger partial charge in [0.05, 0.1) is 6.61 Å². The van der Waals surface area contributed by atoms with Gasteiger partial charge in [0.2, 0.25) is 0 Å². The van der Waals surface area contributed by atoms with E-state index in [1.54, 1.807) is 6.92 Å². The molecule has 0 amide bonds. The van der Waals surface area contributed by atoms with Gasteiger partial charge in [-0.1, -0.05) is 6.92 Å². The van der Waals surface area contributed by atoms with Crippen LogP contribution in [-0.4, -0.2) is 24.1 Å². The summed E-state index contributed by atoms with van der Waals surface area (Å²) >= 11 is 1.51. The van der Waals surface area contributed by atoms with Crippen LogP contribution in [0.25, 0.3) is 0 Å². The van der Waals surface area contributed by atoms with E-state index in [2.05, 4.69) is 17.2 Å². The number of hydrogen-bond donors (Lipinski definition) is 1. The number of carbonyl (C=O) groups is 1. The summed E-state index contributed by atoms with van der Waals surface area (Å²) in [5, 5.41) is 4.12. The van der Waals surface area contributed by atoms with Crippen molar-refractivity contribution in [1.82, 2.24) is 4.98 Å². The molecule has 0 saturated heterocycles. The first kappa shape index (κ1) is 12.4. The van der Waals surface area contributed by atoms with Crippen LogP contribution in [0.1, 0.15) is 42.1 Å². The van der Waals surface area contributed by atoms with E-state index in [9.17, 15) is 4.79 Å². The molecule has 0 unspecified atom stereocenters. The molecule has 4 nitrogen and oxygen atoms in total. The van der Waals surface area contributed by atoms with Gasteiger partial charge in [-0.25, -0.2) is 9.78 Å². The summed E-state index contributed by atoms with van der Waals surface area (Å²) in [5.74, 6) is -0.327. The van der Waals surface area contributed by atoms with Gasteiger partial charge in [-0.3, -0.25) is 0 Å². The number of carbonyl (C=O) groups excluding carboxylic acids is 1. The van der Waals surface area contributed by atoms with Crippen LogP contribution in [-0.2, 0) is 4.74 Å². The molecular weight excluding hydrogens is 236 g/mol. The first-order valence-corrected chi connectivity index (χ1v) is 6.74. The second-order valence-electron chi connectivity index (χ2n) is 4.81. The van der Waals surface area contributed by atoms with Crippen LogP contribution >= 0.6 is 11.3 Å². The number of anilines is 1. The minimum atomic E-state index is -0.327. The standard InChI is InChI=1S/C12H18N2O2S/c1-4-16-10(15)9-8(2)17-11(14-9)13-7-12(3)5-6-12/h4-7H2,1-3H3,(H,13,14). The number of aromatic nitrogens is 1. The number of aryl methyl sites for hydroxylation is 1. The van der Waals surface area contributed by atoms with Crippen LogP contribution in [0.4, 0.5) is 5.13 Å². The molecule has 1 N–H and O–H groups in total. The Morgan fingerprint density at radius 2 is 2.29 bits per heavy atom. The van der Waals surface area contributed by atoms with Crippen molar-refractivity contribution in [2.45, 2.75) is 33.6 Å². The lowest BCUT2D eigenvalue weighted by molar-refractivity contribution is 0.0519. The molecule has 1 aromatic heterocycles. The van der Waals surface area contributed by atoms with Gasteiger partial charge in [-0.2, -0.15) is 0 Å². The summed E-state index contributed by atoms with van der Waals surface area (Å²) in [6, 6.07) is 0. The van der Waals surface area contributed by atoms with Gasteiger partial charge >= 0.3 is 5.97 Å². The van der Waals surface area contributed by atoms with Crippen LogP contribution in [0.15, 0.2) is 0 Å². The van der Waals surface area contributed by atoms with Crippen molar-refractivity contribution in [1.29, 1.82) is 0 Å². The van der Waals surface area contributed by atoms with E-state index in [0.29, 0.717) is 17.7 Å². The fourth-order valence-corrected chi connectivity index (χ4v) is 2.34. The Bertz CT molecular complexity index is 424. The lowest BCUT2D eigenvalue weighted by Crippen LogP contribution is -2.12. The average molecular weight is 254 g/mol. The molecule has 5 heteroatoms. The molecule has 0 aliphatic heterocycles. The number of ether oxygens (including phenoxy) is 1. The lowest BCUT2D eigenvalue weighted by Gasteiger charge is -2.07. The Balaban J connectivity index is 1.99. The van der Waals surface area contributed by atoms with Crippen molar-refractivity contribution < 1.29 is 9.53 Å².